The fraction of sp³-hybridized carbons (Fsp3) is 0.667. The van der Waals surface area contributed by atoms with E-state index in [0.717, 1.165) is 12.0 Å². The maximum atomic E-state index is 11.4. The molecule has 1 saturated carbocycles. The molecule has 0 spiro atoms. The van der Waals surface area contributed by atoms with Gasteiger partial charge in [0.05, 0.1) is 12.1 Å². The summed E-state index contributed by atoms with van der Waals surface area (Å²) in [5.74, 6) is 0.639. The summed E-state index contributed by atoms with van der Waals surface area (Å²) in [6.45, 7) is 1.69. The number of fused-ring (bicyclic) bond motifs is 1. The zero-order valence-corrected chi connectivity index (χ0v) is 7.03. The van der Waals surface area contributed by atoms with Crippen LogP contribution in [0.1, 0.15) is 13.3 Å². The molecule has 0 amide bonds. The average molecular weight is 167 g/mol. The molecule has 0 radical (unpaired) electrons. The van der Waals surface area contributed by atoms with E-state index in [1.165, 1.54) is 0 Å². The Morgan fingerprint density at radius 2 is 2.50 bits per heavy atom. The van der Waals surface area contributed by atoms with E-state index in [-0.39, 0.29) is 5.78 Å². The van der Waals surface area contributed by atoms with Gasteiger partial charge in [0.25, 0.3) is 0 Å². The van der Waals surface area contributed by atoms with Crippen LogP contribution in [-0.2, 0) is 4.79 Å². The quantitative estimate of drug-likeness (QED) is 0.600. The number of nitrogens with two attached hydrogens (primary N) is 1. The molecule has 12 heavy (non-hydrogen) atoms. The van der Waals surface area contributed by atoms with Gasteiger partial charge in [-0.25, -0.2) is 0 Å². The van der Waals surface area contributed by atoms with E-state index in [1.807, 2.05) is 0 Å². The van der Waals surface area contributed by atoms with Gasteiger partial charge >= 0.3 is 0 Å². The average Bonchev–Trinajstić information content (AvgIpc) is 2.72. The van der Waals surface area contributed by atoms with Crippen LogP contribution in [0.15, 0.2) is 11.6 Å². The molecule has 0 bridgehead atoms. The second-order valence-corrected chi connectivity index (χ2v) is 3.77. The Morgan fingerprint density at radius 1 is 1.83 bits per heavy atom. The third kappa shape index (κ3) is 1.01. The van der Waals surface area contributed by atoms with Gasteiger partial charge in [-0.2, -0.15) is 0 Å². The molecule has 1 fully saturated rings. The van der Waals surface area contributed by atoms with E-state index in [1.54, 1.807) is 13.0 Å². The number of rotatable bonds is 2. The van der Waals surface area contributed by atoms with Crippen LogP contribution < -0.4 is 5.73 Å². The number of ketones is 1. The second kappa shape index (κ2) is 2.41. The first-order valence-corrected chi connectivity index (χ1v) is 4.31. The van der Waals surface area contributed by atoms with Crippen LogP contribution in [0.3, 0.4) is 0 Å². The van der Waals surface area contributed by atoms with Gasteiger partial charge in [0, 0.05) is 0 Å². The third-order valence-electron chi connectivity index (χ3n) is 2.73. The number of aliphatic hydroxyl groups is 1. The summed E-state index contributed by atoms with van der Waals surface area (Å²) in [6.07, 6.45) is 2.24. The van der Waals surface area contributed by atoms with Gasteiger partial charge in [-0.05, 0) is 36.8 Å². The van der Waals surface area contributed by atoms with Gasteiger partial charge in [-0.1, -0.05) is 0 Å². The standard InChI is InChI=1S/C9H13NO2/c1-4(10)9(12)7-3-8(11)6-2-5(6)7/h3-6,8,11H,2,10H2,1H3/t4-,5-,6+,8+/m0/s1. The molecule has 2 rings (SSSR count). The molecule has 3 nitrogen and oxygen atoms in total. The number of carbonyl (C=O) groups is 1. The Labute approximate surface area is 71.3 Å². The van der Waals surface area contributed by atoms with E-state index in [0.29, 0.717) is 11.8 Å². The van der Waals surface area contributed by atoms with Crippen molar-refractivity contribution < 1.29 is 9.90 Å². The van der Waals surface area contributed by atoms with Crippen molar-refractivity contribution in [2.45, 2.75) is 25.5 Å². The van der Waals surface area contributed by atoms with Gasteiger partial charge in [-0.3, -0.25) is 4.79 Å². The number of aliphatic hydroxyl groups excluding tert-OH is 1. The van der Waals surface area contributed by atoms with Crippen molar-refractivity contribution in [2.75, 3.05) is 0 Å². The minimum Gasteiger partial charge on any atom is -0.389 e. The molecule has 0 aromatic rings. The van der Waals surface area contributed by atoms with E-state index in [9.17, 15) is 9.90 Å². The third-order valence-corrected chi connectivity index (χ3v) is 2.73. The molecule has 0 aliphatic heterocycles. The van der Waals surface area contributed by atoms with E-state index < -0.39 is 12.1 Å². The predicted octanol–water partition coefficient (Wildman–Crippen LogP) is -0.160. The lowest BCUT2D eigenvalue weighted by Gasteiger charge is -2.05. The normalized spacial score (nSPS) is 40.2. The van der Waals surface area contributed by atoms with E-state index in [2.05, 4.69) is 0 Å². The van der Waals surface area contributed by atoms with Crippen LogP contribution in [0.25, 0.3) is 0 Å². The number of hydrogen-bond acceptors (Lipinski definition) is 3. The van der Waals surface area contributed by atoms with Crippen LogP contribution in [0.5, 0.6) is 0 Å². The Bertz CT molecular complexity index is 257. The largest absolute Gasteiger partial charge is 0.389 e. The topological polar surface area (TPSA) is 63.3 Å². The Balaban J connectivity index is 2.15. The molecule has 0 unspecified atom stereocenters. The highest BCUT2D eigenvalue weighted by Gasteiger charge is 2.50. The molecule has 3 heteroatoms. The van der Waals surface area contributed by atoms with E-state index >= 15 is 0 Å². The number of Topliss-reactive ketones (excluding diaryl/α,β-unsaturated/α-hetero) is 1. The van der Waals surface area contributed by atoms with Crippen molar-refractivity contribution in [1.82, 2.24) is 0 Å². The summed E-state index contributed by atoms with van der Waals surface area (Å²) in [4.78, 5) is 11.4. The highest BCUT2D eigenvalue weighted by Crippen LogP contribution is 2.52. The van der Waals surface area contributed by atoms with Gasteiger partial charge in [-0.15, -0.1) is 0 Å². The van der Waals surface area contributed by atoms with Gasteiger partial charge in [0.2, 0.25) is 0 Å². The predicted molar refractivity (Wildman–Crippen MR) is 44.3 cm³/mol. The first-order chi connectivity index (χ1) is 5.61. The van der Waals surface area contributed by atoms with Crippen molar-refractivity contribution in [3.05, 3.63) is 11.6 Å². The van der Waals surface area contributed by atoms with Crippen molar-refractivity contribution in [3.8, 4) is 0 Å². The lowest BCUT2D eigenvalue weighted by molar-refractivity contribution is -0.116. The molecule has 66 valence electrons. The Hall–Kier alpha value is -0.670. The zero-order valence-electron chi connectivity index (χ0n) is 7.03. The van der Waals surface area contributed by atoms with Crippen molar-refractivity contribution in [3.63, 3.8) is 0 Å². The summed E-state index contributed by atoms with van der Waals surface area (Å²) in [6, 6.07) is -0.428. The van der Waals surface area contributed by atoms with Gasteiger partial charge < -0.3 is 10.8 Å². The van der Waals surface area contributed by atoms with Gasteiger partial charge in [0.1, 0.15) is 0 Å². The highest BCUT2D eigenvalue weighted by molar-refractivity contribution is 6.00. The fourth-order valence-corrected chi connectivity index (χ4v) is 1.91. The molecule has 3 N–H and O–H groups in total. The number of carbonyl (C=O) groups excluding carboxylic acids is 1. The minimum atomic E-state index is -0.428. The summed E-state index contributed by atoms with van der Waals surface area (Å²) in [5, 5.41) is 9.37. The smallest absolute Gasteiger partial charge is 0.175 e. The van der Waals surface area contributed by atoms with Crippen LogP contribution in [0.2, 0.25) is 0 Å². The van der Waals surface area contributed by atoms with Crippen molar-refractivity contribution in [1.29, 1.82) is 0 Å². The van der Waals surface area contributed by atoms with Crippen LogP contribution >= 0.6 is 0 Å². The molecule has 0 aromatic heterocycles. The molecule has 2 aliphatic rings. The first-order valence-electron chi connectivity index (χ1n) is 4.31. The molecule has 0 heterocycles. The number of hydrogen-bond donors (Lipinski definition) is 2. The minimum absolute atomic E-state index is 0.000880. The molecule has 0 aromatic carbocycles. The van der Waals surface area contributed by atoms with E-state index in [4.69, 9.17) is 5.73 Å². The van der Waals surface area contributed by atoms with Crippen molar-refractivity contribution >= 4 is 5.78 Å². The molecule has 4 atom stereocenters. The van der Waals surface area contributed by atoms with Crippen LogP contribution in [0, 0.1) is 11.8 Å². The SMILES string of the molecule is C[C@H](N)C(=O)C1=C[C@@H](O)[C@@H]2C[C@H]12. The van der Waals surface area contributed by atoms with Crippen LogP contribution in [-0.4, -0.2) is 23.0 Å². The lowest BCUT2D eigenvalue weighted by atomic mass is 10.0. The summed E-state index contributed by atoms with van der Waals surface area (Å²) >= 11 is 0. The highest BCUT2D eigenvalue weighted by atomic mass is 16.3. The van der Waals surface area contributed by atoms with Crippen LogP contribution in [0.4, 0.5) is 0 Å². The summed E-state index contributed by atoms with van der Waals surface area (Å²) in [7, 11) is 0. The Morgan fingerprint density at radius 3 is 2.83 bits per heavy atom. The fourth-order valence-electron chi connectivity index (χ4n) is 1.91. The van der Waals surface area contributed by atoms with Gasteiger partial charge in [0.15, 0.2) is 5.78 Å². The molecule has 2 aliphatic carbocycles. The maximum Gasteiger partial charge on any atom is 0.175 e. The second-order valence-electron chi connectivity index (χ2n) is 3.77. The summed E-state index contributed by atoms with van der Waals surface area (Å²) in [5.41, 5.74) is 6.24. The lowest BCUT2D eigenvalue weighted by Crippen LogP contribution is -2.28. The molecular weight excluding hydrogens is 154 g/mol. The summed E-state index contributed by atoms with van der Waals surface area (Å²) < 4.78 is 0. The first kappa shape index (κ1) is 7.95. The molecular formula is C9H13NO2. The molecule has 0 saturated heterocycles. The monoisotopic (exact) mass is 167 g/mol. The zero-order chi connectivity index (χ0) is 8.88. The maximum absolute atomic E-state index is 11.4. The Kier molecular flexibility index (Phi) is 1.59. The van der Waals surface area contributed by atoms with Crippen molar-refractivity contribution in [2.24, 2.45) is 17.6 Å².